The lowest BCUT2D eigenvalue weighted by molar-refractivity contribution is -0.929. The Bertz CT molecular complexity index is 633. The van der Waals surface area contributed by atoms with E-state index in [2.05, 4.69) is 44.5 Å². The molecule has 0 bridgehead atoms. The lowest BCUT2D eigenvalue weighted by atomic mass is 10.1. The number of carbonyl (C=O) groups is 1. The van der Waals surface area contributed by atoms with Gasteiger partial charge in [0.2, 0.25) is 0 Å². The van der Waals surface area contributed by atoms with Crippen LogP contribution in [0.25, 0.3) is 0 Å². The van der Waals surface area contributed by atoms with Crippen LogP contribution in [0.2, 0.25) is 0 Å². The molecular weight excluding hydrogens is 486 g/mol. The monoisotopic (exact) mass is 533 g/mol. The standard InChI is InChI=1S/C16H36N.C9H12N2O3S3/c1-5-9-13-17(14-10-6-2,15-11-7-3)16-12-8-4;1-5(2)7(13)14-3-6(12)4-16-9-11-10-8(15)17-9/h5-16H2,1-4H3;6,12H,1,3-4H2,2H3,(H,10,15)/q+1;/p-1. The number of quaternary nitrogens is 1. The van der Waals surface area contributed by atoms with Gasteiger partial charge in [0.15, 0.2) is 0 Å². The van der Waals surface area contributed by atoms with Crippen molar-refractivity contribution in [3.8, 4) is 0 Å². The minimum absolute atomic E-state index is 0.0573. The van der Waals surface area contributed by atoms with E-state index in [0.29, 0.717) is 20.0 Å². The third kappa shape index (κ3) is 16.0. The molecule has 198 valence electrons. The lowest BCUT2D eigenvalue weighted by Crippen LogP contribution is -2.50. The topological polar surface area (TPSA) is 72.3 Å². The number of hydrogen-bond acceptors (Lipinski definition) is 8. The molecule has 1 unspecified atom stereocenters. The van der Waals surface area contributed by atoms with E-state index in [4.69, 9.17) is 17.4 Å². The molecule has 0 fully saturated rings. The van der Waals surface area contributed by atoms with E-state index in [1.807, 2.05) is 0 Å². The number of carbonyl (C=O) groups excluding carboxylic acids is 1. The molecule has 0 saturated carbocycles. The highest BCUT2D eigenvalue weighted by Gasteiger charge is 2.24. The van der Waals surface area contributed by atoms with Crippen molar-refractivity contribution >= 4 is 41.7 Å². The van der Waals surface area contributed by atoms with Crippen LogP contribution in [-0.4, -0.2) is 70.4 Å². The van der Waals surface area contributed by atoms with Crippen molar-refractivity contribution in [1.29, 1.82) is 0 Å². The summed E-state index contributed by atoms with van der Waals surface area (Å²) in [4.78, 5) is 11.1. The van der Waals surface area contributed by atoms with Crippen LogP contribution in [0.1, 0.15) is 86.0 Å². The van der Waals surface area contributed by atoms with Gasteiger partial charge in [0.05, 0.1) is 36.6 Å². The van der Waals surface area contributed by atoms with Crippen LogP contribution >= 0.6 is 23.1 Å². The zero-order valence-corrected chi connectivity index (χ0v) is 24.5. The van der Waals surface area contributed by atoms with E-state index in [1.165, 1.54) is 105 Å². The van der Waals surface area contributed by atoms with Gasteiger partial charge in [-0.15, -0.1) is 11.8 Å². The molecule has 1 aromatic rings. The molecule has 0 saturated heterocycles. The zero-order chi connectivity index (χ0) is 25.8. The van der Waals surface area contributed by atoms with Gasteiger partial charge in [-0.1, -0.05) is 60.0 Å². The zero-order valence-electron chi connectivity index (χ0n) is 22.0. The summed E-state index contributed by atoms with van der Waals surface area (Å²) in [6.45, 7) is 20.0. The van der Waals surface area contributed by atoms with Crippen molar-refractivity contribution < 1.29 is 19.1 Å². The van der Waals surface area contributed by atoms with Crippen molar-refractivity contribution in [2.75, 3.05) is 38.5 Å². The Morgan fingerprint density at radius 1 is 1.03 bits per heavy atom. The molecule has 1 rings (SSSR count). The quantitative estimate of drug-likeness (QED) is 0.0813. The Labute approximate surface area is 222 Å². The molecule has 1 atom stereocenters. The largest absolute Gasteiger partial charge is 0.460 e. The van der Waals surface area contributed by atoms with Gasteiger partial charge in [0, 0.05) is 11.3 Å². The first-order valence-electron chi connectivity index (χ1n) is 12.7. The average Bonchev–Trinajstić information content (AvgIpc) is 3.25. The van der Waals surface area contributed by atoms with E-state index < -0.39 is 12.1 Å². The van der Waals surface area contributed by atoms with E-state index in [1.54, 1.807) is 6.92 Å². The fourth-order valence-corrected chi connectivity index (χ4v) is 5.37. The number of aromatic nitrogens is 2. The summed E-state index contributed by atoms with van der Waals surface area (Å²) >= 11 is 7.42. The number of esters is 1. The van der Waals surface area contributed by atoms with Crippen molar-refractivity contribution in [2.45, 2.75) is 101 Å². The lowest BCUT2D eigenvalue weighted by Gasteiger charge is -2.39. The summed E-state index contributed by atoms with van der Waals surface area (Å²) in [5, 5.41) is 17.0. The van der Waals surface area contributed by atoms with Crippen LogP contribution in [0.15, 0.2) is 20.8 Å². The molecule has 9 heteroatoms. The minimum Gasteiger partial charge on any atom is -0.460 e. The second-order valence-electron chi connectivity index (χ2n) is 8.83. The average molecular weight is 534 g/mol. The maximum atomic E-state index is 11.1. The number of aliphatic hydroxyl groups excluding tert-OH is 1. The molecule has 0 amide bonds. The summed E-state index contributed by atoms with van der Waals surface area (Å²) in [5.74, 6) is -0.134. The van der Waals surface area contributed by atoms with Gasteiger partial charge < -0.3 is 38.3 Å². The summed E-state index contributed by atoms with van der Waals surface area (Å²) in [6, 6.07) is 0. The fourth-order valence-electron chi connectivity index (χ4n) is 3.41. The summed E-state index contributed by atoms with van der Waals surface area (Å²) < 4.78 is 7.39. The fraction of sp³-hybridized carbons (Fsp3) is 0.800. The number of ether oxygens (including phenoxy) is 1. The number of unbranched alkanes of at least 4 members (excludes halogenated alkanes) is 4. The van der Waals surface area contributed by atoms with Gasteiger partial charge in [-0.05, 0) is 36.9 Å². The molecule has 0 aliphatic carbocycles. The number of nitrogens with zero attached hydrogens (tertiary/aromatic N) is 3. The van der Waals surface area contributed by atoms with Gasteiger partial charge in [0.1, 0.15) is 6.61 Å². The Kier molecular flexibility index (Phi) is 20.0. The van der Waals surface area contributed by atoms with E-state index >= 15 is 0 Å². The first kappa shape index (κ1) is 33.3. The molecular formula is C25H47N3O3S3. The van der Waals surface area contributed by atoms with Crippen LogP contribution in [0.4, 0.5) is 0 Å². The Hall–Kier alpha value is -0.740. The van der Waals surface area contributed by atoms with Crippen molar-refractivity contribution in [1.82, 2.24) is 10.2 Å². The second kappa shape index (κ2) is 20.5. The molecule has 0 spiro atoms. The predicted octanol–water partition coefficient (Wildman–Crippen LogP) is 6.02. The Morgan fingerprint density at radius 3 is 1.85 bits per heavy atom. The number of hydrogen-bond donors (Lipinski definition) is 1. The van der Waals surface area contributed by atoms with Crippen LogP contribution in [0.3, 0.4) is 0 Å². The highest BCUT2D eigenvalue weighted by atomic mass is 32.2. The van der Waals surface area contributed by atoms with Crippen LogP contribution in [0, 0.1) is 0 Å². The summed E-state index contributed by atoms with van der Waals surface area (Å²) in [6.07, 6.45) is 10.3. The first-order valence-corrected chi connectivity index (χ1v) is 14.9. The highest BCUT2D eigenvalue weighted by molar-refractivity contribution is 8.01. The minimum atomic E-state index is -0.749. The maximum Gasteiger partial charge on any atom is 0.333 e. The molecule has 1 heterocycles. The Balaban J connectivity index is 0.000000641. The molecule has 0 radical (unpaired) electrons. The van der Waals surface area contributed by atoms with Gasteiger partial charge in [-0.2, -0.15) is 10.2 Å². The SMILES string of the molecule is C=C(C)C(=O)OCC(O)CSc1nnc([S-])s1.CCCC[N+](CCCC)(CCCC)CCCC. The predicted molar refractivity (Wildman–Crippen MR) is 147 cm³/mol. The third-order valence-electron chi connectivity index (χ3n) is 5.49. The molecule has 6 nitrogen and oxygen atoms in total. The van der Waals surface area contributed by atoms with E-state index in [0.717, 1.165) is 0 Å². The highest BCUT2D eigenvalue weighted by Crippen LogP contribution is 2.22. The number of rotatable bonds is 18. The molecule has 0 aliphatic heterocycles. The van der Waals surface area contributed by atoms with Gasteiger partial charge in [-0.25, -0.2) is 4.79 Å². The maximum absolute atomic E-state index is 11.1. The van der Waals surface area contributed by atoms with Crippen molar-refractivity contribution in [3.05, 3.63) is 12.2 Å². The Morgan fingerprint density at radius 2 is 1.50 bits per heavy atom. The number of thioether (sulfide) groups is 1. The summed E-state index contributed by atoms with van der Waals surface area (Å²) in [7, 11) is 0. The molecule has 0 aliphatic rings. The van der Waals surface area contributed by atoms with Crippen LogP contribution < -0.4 is 0 Å². The van der Waals surface area contributed by atoms with Crippen molar-refractivity contribution in [3.63, 3.8) is 0 Å². The van der Waals surface area contributed by atoms with Crippen molar-refractivity contribution in [2.24, 2.45) is 0 Å². The molecule has 1 aromatic heterocycles. The van der Waals surface area contributed by atoms with Crippen LogP contribution in [-0.2, 0) is 22.2 Å². The molecule has 0 aromatic carbocycles. The normalized spacial score (nSPS) is 12.1. The first-order chi connectivity index (χ1) is 16.2. The van der Waals surface area contributed by atoms with E-state index in [-0.39, 0.29) is 6.61 Å². The second-order valence-corrected chi connectivity index (χ2v) is 11.7. The van der Waals surface area contributed by atoms with Crippen LogP contribution in [0.5, 0.6) is 0 Å². The number of aliphatic hydroxyl groups is 1. The smallest absolute Gasteiger partial charge is 0.333 e. The third-order valence-corrected chi connectivity index (χ3v) is 7.81. The van der Waals surface area contributed by atoms with Gasteiger partial charge in [0.25, 0.3) is 0 Å². The molecule has 1 N–H and O–H groups in total. The molecule has 34 heavy (non-hydrogen) atoms. The summed E-state index contributed by atoms with van der Waals surface area (Å²) in [5.41, 5.74) is 0.310. The van der Waals surface area contributed by atoms with E-state index in [9.17, 15) is 9.90 Å². The van der Waals surface area contributed by atoms with Gasteiger partial charge in [-0.3, -0.25) is 0 Å². The van der Waals surface area contributed by atoms with Gasteiger partial charge >= 0.3 is 5.97 Å².